The number of hydrogen-bond donors (Lipinski definition) is 1. The lowest BCUT2D eigenvalue weighted by Gasteiger charge is -2.30. The summed E-state index contributed by atoms with van der Waals surface area (Å²) in [6, 6.07) is 9.62. The molecule has 2 aromatic rings. The van der Waals surface area contributed by atoms with Gasteiger partial charge in [0.2, 0.25) is 21.8 Å². The minimum absolute atomic E-state index is 0.0207. The maximum absolute atomic E-state index is 13.8. The van der Waals surface area contributed by atoms with Crippen molar-refractivity contribution in [3.63, 3.8) is 0 Å². The van der Waals surface area contributed by atoms with Gasteiger partial charge in [0.15, 0.2) is 0 Å². The fourth-order valence-corrected chi connectivity index (χ4v) is 6.57. The summed E-state index contributed by atoms with van der Waals surface area (Å²) in [5.41, 5.74) is 2.60. The van der Waals surface area contributed by atoms with Crippen LogP contribution in [0.4, 0.5) is 15.8 Å². The van der Waals surface area contributed by atoms with E-state index in [0.717, 1.165) is 24.1 Å². The molecule has 2 aromatic carbocycles. The van der Waals surface area contributed by atoms with E-state index in [1.165, 1.54) is 10.4 Å². The molecule has 1 aliphatic carbocycles. The maximum atomic E-state index is 13.8. The minimum atomic E-state index is -3.71. The average molecular weight is 500 g/mol. The van der Waals surface area contributed by atoms with Crippen molar-refractivity contribution < 1.29 is 22.4 Å². The quantitative estimate of drug-likeness (QED) is 0.677. The van der Waals surface area contributed by atoms with Gasteiger partial charge in [0.1, 0.15) is 5.82 Å². The van der Waals surface area contributed by atoms with Crippen molar-refractivity contribution in [1.29, 1.82) is 0 Å². The van der Waals surface area contributed by atoms with E-state index in [1.54, 1.807) is 37.3 Å². The largest absolute Gasteiger partial charge is 0.326 e. The van der Waals surface area contributed by atoms with Gasteiger partial charge in [-0.25, -0.2) is 12.8 Å². The van der Waals surface area contributed by atoms with Gasteiger partial charge in [0, 0.05) is 42.3 Å². The molecule has 1 saturated heterocycles. The molecule has 2 heterocycles. The van der Waals surface area contributed by atoms with Crippen LogP contribution in [0.3, 0.4) is 0 Å². The van der Waals surface area contributed by atoms with Crippen molar-refractivity contribution >= 4 is 33.2 Å². The van der Waals surface area contributed by atoms with Gasteiger partial charge in [-0.05, 0) is 87.4 Å². The Kier molecular flexibility index (Phi) is 6.17. The summed E-state index contributed by atoms with van der Waals surface area (Å²) < 4.78 is 41.9. The Morgan fingerprint density at radius 3 is 2.37 bits per heavy atom. The van der Waals surface area contributed by atoms with Crippen LogP contribution in [-0.4, -0.2) is 43.7 Å². The third-order valence-electron chi connectivity index (χ3n) is 7.33. The molecular formula is C26H30FN3O4S. The van der Waals surface area contributed by atoms with E-state index >= 15 is 0 Å². The second-order valence-electron chi connectivity index (χ2n) is 9.96. The smallest absolute Gasteiger partial charge is 0.243 e. The molecule has 5 rings (SSSR count). The number of amides is 2. The summed E-state index contributed by atoms with van der Waals surface area (Å²) in [4.78, 5) is 27.4. The number of halogens is 1. The van der Waals surface area contributed by atoms with Crippen LogP contribution in [0.25, 0.3) is 0 Å². The van der Waals surface area contributed by atoms with Gasteiger partial charge in [0.05, 0.1) is 4.90 Å². The van der Waals surface area contributed by atoms with Gasteiger partial charge in [0.25, 0.3) is 0 Å². The fourth-order valence-electron chi connectivity index (χ4n) is 5.05. The van der Waals surface area contributed by atoms with Crippen molar-refractivity contribution in [2.24, 2.45) is 11.8 Å². The summed E-state index contributed by atoms with van der Waals surface area (Å²) in [5, 5.41) is 2.74. The Bertz CT molecular complexity index is 1280. The van der Waals surface area contributed by atoms with Crippen LogP contribution in [0.2, 0.25) is 0 Å². The van der Waals surface area contributed by atoms with E-state index in [9.17, 15) is 22.4 Å². The molecule has 1 saturated carbocycles. The molecule has 1 N–H and O–H groups in total. The highest BCUT2D eigenvalue weighted by Crippen LogP contribution is 2.40. The molecule has 35 heavy (non-hydrogen) atoms. The van der Waals surface area contributed by atoms with E-state index in [1.807, 2.05) is 11.8 Å². The lowest BCUT2D eigenvalue weighted by molar-refractivity contribution is -0.121. The number of carbonyl (C=O) groups excluding carboxylic acids is 2. The number of nitrogens with zero attached hydrogens (tertiary/aromatic N) is 2. The van der Waals surface area contributed by atoms with Crippen LogP contribution in [0.15, 0.2) is 41.3 Å². The zero-order valence-electron chi connectivity index (χ0n) is 20.0. The SMILES string of the molecule is Cc1ccc(NC(=O)C2CCN(S(=O)(=O)c3ccc4c(c3)CC(C)N4C(=O)C3CC3)CC2)cc1F. The van der Waals surface area contributed by atoms with E-state index < -0.39 is 10.0 Å². The number of aryl methyl sites for hydroxylation is 1. The first-order chi connectivity index (χ1) is 16.6. The first-order valence-corrected chi connectivity index (χ1v) is 13.6. The second-order valence-corrected chi connectivity index (χ2v) is 11.9. The van der Waals surface area contributed by atoms with E-state index in [-0.39, 0.29) is 53.5 Å². The number of nitrogens with one attached hydrogen (secondary N) is 1. The molecule has 0 bridgehead atoms. The maximum Gasteiger partial charge on any atom is 0.243 e. The number of carbonyl (C=O) groups is 2. The zero-order valence-corrected chi connectivity index (χ0v) is 20.8. The van der Waals surface area contributed by atoms with E-state index in [2.05, 4.69) is 5.32 Å². The molecular weight excluding hydrogens is 469 g/mol. The Labute approximate surface area is 205 Å². The highest BCUT2D eigenvalue weighted by Gasteiger charge is 2.40. The number of fused-ring (bicyclic) bond motifs is 1. The molecule has 1 atom stereocenters. The predicted octanol–water partition coefficient (Wildman–Crippen LogP) is 3.86. The second kappa shape index (κ2) is 9.02. The monoisotopic (exact) mass is 499 g/mol. The topological polar surface area (TPSA) is 86.8 Å². The number of sulfonamides is 1. The molecule has 186 valence electrons. The first kappa shape index (κ1) is 23.9. The van der Waals surface area contributed by atoms with Crippen LogP contribution < -0.4 is 10.2 Å². The number of rotatable bonds is 5. The molecule has 2 aliphatic heterocycles. The van der Waals surface area contributed by atoms with Gasteiger partial charge in [-0.15, -0.1) is 0 Å². The lowest BCUT2D eigenvalue weighted by Crippen LogP contribution is -2.41. The molecule has 3 aliphatic rings. The van der Waals surface area contributed by atoms with Crippen LogP contribution >= 0.6 is 0 Å². The summed E-state index contributed by atoms with van der Waals surface area (Å²) in [6.07, 6.45) is 3.29. The first-order valence-electron chi connectivity index (χ1n) is 12.2. The molecule has 2 fully saturated rings. The Morgan fingerprint density at radius 1 is 1.00 bits per heavy atom. The van der Waals surface area contributed by atoms with Crippen LogP contribution in [-0.2, 0) is 26.0 Å². The number of hydrogen-bond acceptors (Lipinski definition) is 4. The van der Waals surface area contributed by atoms with E-state index in [0.29, 0.717) is 30.5 Å². The zero-order chi connectivity index (χ0) is 24.9. The van der Waals surface area contributed by atoms with Crippen LogP contribution in [0.1, 0.15) is 43.7 Å². The van der Waals surface area contributed by atoms with Gasteiger partial charge in [-0.2, -0.15) is 4.31 Å². The van der Waals surface area contributed by atoms with E-state index in [4.69, 9.17) is 0 Å². The molecule has 0 aromatic heterocycles. The third kappa shape index (κ3) is 4.59. The van der Waals surface area contributed by atoms with Crippen LogP contribution in [0.5, 0.6) is 0 Å². The molecule has 7 nitrogen and oxygen atoms in total. The van der Waals surface area contributed by atoms with Crippen LogP contribution in [0, 0.1) is 24.6 Å². The lowest BCUT2D eigenvalue weighted by atomic mass is 9.97. The molecule has 2 amide bonds. The highest BCUT2D eigenvalue weighted by atomic mass is 32.2. The van der Waals surface area contributed by atoms with Crippen molar-refractivity contribution in [2.45, 2.75) is 56.9 Å². The van der Waals surface area contributed by atoms with Gasteiger partial charge < -0.3 is 10.2 Å². The summed E-state index contributed by atoms with van der Waals surface area (Å²) in [5.74, 6) is -0.700. The number of benzene rings is 2. The number of anilines is 2. The van der Waals surface area contributed by atoms with Gasteiger partial charge in [-0.1, -0.05) is 6.07 Å². The normalized spacial score (nSPS) is 21.1. The van der Waals surface area contributed by atoms with Gasteiger partial charge in [-0.3, -0.25) is 9.59 Å². The van der Waals surface area contributed by atoms with Gasteiger partial charge >= 0.3 is 0 Å². The fraction of sp³-hybridized carbons (Fsp3) is 0.462. The average Bonchev–Trinajstić information content (AvgIpc) is 3.63. The van der Waals surface area contributed by atoms with Crippen molar-refractivity contribution in [3.05, 3.63) is 53.3 Å². The Balaban J connectivity index is 1.24. The standard InChI is InChI=1S/C26H30FN3O4S/c1-16-3-6-21(15-23(16)27)28-25(31)18-9-11-29(12-10-18)35(33,34)22-7-8-24-20(14-22)13-17(2)30(24)26(32)19-4-5-19/h3,6-8,14-15,17-19H,4-5,9-13H2,1-2H3,(H,28,31). The third-order valence-corrected chi connectivity index (χ3v) is 9.23. The molecule has 0 radical (unpaired) electrons. The number of piperidine rings is 1. The highest BCUT2D eigenvalue weighted by molar-refractivity contribution is 7.89. The molecule has 1 unspecified atom stereocenters. The van der Waals surface area contributed by atoms with Crippen molar-refractivity contribution in [1.82, 2.24) is 4.31 Å². The summed E-state index contributed by atoms with van der Waals surface area (Å²) >= 11 is 0. The minimum Gasteiger partial charge on any atom is -0.326 e. The Morgan fingerprint density at radius 2 is 1.71 bits per heavy atom. The Hall–Kier alpha value is -2.78. The summed E-state index contributed by atoms with van der Waals surface area (Å²) in [7, 11) is -3.71. The predicted molar refractivity (Wildman–Crippen MR) is 131 cm³/mol. The summed E-state index contributed by atoms with van der Waals surface area (Å²) in [6.45, 7) is 4.13. The molecule has 0 spiro atoms. The van der Waals surface area contributed by atoms with Crippen molar-refractivity contribution in [2.75, 3.05) is 23.3 Å². The molecule has 9 heteroatoms. The van der Waals surface area contributed by atoms with Crippen molar-refractivity contribution in [3.8, 4) is 0 Å².